The monoisotopic (exact) mass is 332 g/mol. The summed E-state index contributed by atoms with van der Waals surface area (Å²) in [6.45, 7) is -0.436. The van der Waals surface area contributed by atoms with E-state index in [1.54, 1.807) is 12.1 Å². The Kier molecular flexibility index (Phi) is 5.58. The quantitative estimate of drug-likeness (QED) is 0.925. The molecule has 22 heavy (non-hydrogen) atoms. The molecule has 1 N–H and O–H groups in total. The molecule has 4 nitrogen and oxygen atoms in total. The zero-order valence-electron chi connectivity index (χ0n) is 12.0. The summed E-state index contributed by atoms with van der Waals surface area (Å²) in [6.07, 6.45) is 2.03. The molecule has 0 radical (unpaired) electrons. The van der Waals surface area contributed by atoms with E-state index in [4.69, 9.17) is 0 Å². The van der Waals surface area contributed by atoms with E-state index < -0.39 is 6.61 Å². The number of carbonyl (C=O) groups is 1. The van der Waals surface area contributed by atoms with Crippen LogP contribution in [0.1, 0.15) is 23.2 Å². The van der Waals surface area contributed by atoms with Gasteiger partial charge in [-0.05, 0) is 43.5 Å². The number of ether oxygens (including phenoxy) is 1. The van der Waals surface area contributed by atoms with Crippen LogP contribution in [0, 0.1) is 5.92 Å². The number of halogens is 3. The predicted octanol–water partition coefficient (Wildman–Crippen LogP) is 2.53. The first-order valence-corrected chi connectivity index (χ1v) is 7.21. The maximum absolute atomic E-state index is 12.5. The van der Waals surface area contributed by atoms with Gasteiger partial charge in [-0.2, -0.15) is 8.78 Å². The molecular weight excluding hydrogens is 314 g/mol. The van der Waals surface area contributed by atoms with Crippen molar-refractivity contribution in [1.82, 2.24) is 10.2 Å². The van der Waals surface area contributed by atoms with Gasteiger partial charge in [0.05, 0.1) is 0 Å². The third-order valence-corrected chi connectivity index (χ3v) is 4.25. The SMILES string of the molecule is Cl.O=C(c1cccc(OC(F)F)c1)N1CCC2NCCC2C1. The summed E-state index contributed by atoms with van der Waals surface area (Å²) in [6, 6.07) is 6.53. The summed E-state index contributed by atoms with van der Waals surface area (Å²) < 4.78 is 28.8. The number of likely N-dealkylation sites (tertiary alicyclic amines) is 1. The average molecular weight is 333 g/mol. The van der Waals surface area contributed by atoms with Crippen molar-refractivity contribution in [3.05, 3.63) is 29.8 Å². The molecule has 1 amide bonds. The van der Waals surface area contributed by atoms with Crippen LogP contribution in [-0.2, 0) is 0 Å². The molecular formula is C15H19ClF2N2O2. The first-order chi connectivity index (χ1) is 10.1. The predicted molar refractivity (Wildman–Crippen MR) is 80.7 cm³/mol. The van der Waals surface area contributed by atoms with Crippen LogP contribution < -0.4 is 10.1 Å². The number of carbonyl (C=O) groups excluding carboxylic acids is 1. The standard InChI is InChI=1S/C15H18F2N2O2.ClH/c16-15(17)21-12-3-1-2-10(8-12)14(20)19-7-5-13-11(9-19)4-6-18-13;/h1-3,8,11,13,15,18H,4-7,9H2;1H. The van der Waals surface area contributed by atoms with Crippen molar-refractivity contribution in [2.45, 2.75) is 25.5 Å². The number of piperidine rings is 1. The van der Waals surface area contributed by atoms with Crippen LogP contribution in [0.2, 0.25) is 0 Å². The number of alkyl halides is 2. The molecule has 0 bridgehead atoms. The fourth-order valence-electron chi connectivity index (χ4n) is 3.22. The maximum Gasteiger partial charge on any atom is 0.387 e. The molecule has 2 aliphatic heterocycles. The molecule has 2 atom stereocenters. The van der Waals surface area contributed by atoms with Crippen LogP contribution in [0.4, 0.5) is 8.78 Å². The van der Waals surface area contributed by atoms with E-state index in [0.717, 1.165) is 25.9 Å². The Labute approximate surface area is 134 Å². The summed E-state index contributed by atoms with van der Waals surface area (Å²) in [5.74, 6) is 0.413. The van der Waals surface area contributed by atoms with Gasteiger partial charge >= 0.3 is 6.61 Å². The highest BCUT2D eigenvalue weighted by Gasteiger charge is 2.34. The lowest BCUT2D eigenvalue weighted by Crippen LogP contribution is -2.46. The van der Waals surface area contributed by atoms with Crippen LogP contribution in [0.5, 0.6) is 5.75 Å². The van der Waals surface area contributed by atoms with Gasteiger partial charge in [-0.25, -0.2) is 0 Å². The molecule has 0 aliphatic carbocycles. The van der Waals surface area contributed by atoms with E-state index in [2.05, 4.69) is 10.1 Å². The lowest BCUT2D eigenvalue weighted by atomic mass is 9.93. The first-order valence-electron chi connectivity index (χ1n) is 7.21. The number of amides is 1. The van der Waals surface area contributed by atoms with Gasteiger partial charge < -0.3 is 15.0 Å². The molecule has 3 rings (SSSR count). The highest BCUT2D eigenvalue weighted by atomic mass is 35.5. The highest BCUT2D eigenvalue weighted by molar-refractivity contribution is 5.94. The smallest absolute Gasteiger partial charge is 0.387 e. The number of hydrogen-bond acceptors (Lipinski definition) is 3. The summed E-state index contributed by atoms with van der Waals surface area (Å²) in [4.78, 5) is 14.3. The van der Waals surface area contributed by atoms with Crippen LogP contribution in [-0.4, -0.2) is 43.1 Å². The van der Waals surface area contributed by atoms with Crippen molar-refractivity contribution < 1.29 is 18.3 Å². The largest absolute Gasteiger partial charge is 0.435 e. The normalized spacial score (nSPS) is 23.9. The lowest BCUT2D eigenvalue weighted by Gasteiger charge is -2.35. The lowest BCUT2D eigenvalue weighted by molar-refractivity contribution is -0.0499. The van der Waals surface area contributed by atoms with Gasteiger partial charge in [0, 0.05) is 24.7 Å². The Morgan fingerprint density at radius 1 is 1.36 bits per heavy atom. The van der Waals surface area contributed by atoms with Gasteiger partial charge in [-0.1, -0.05) is 6.07 Å². The van der Waals surface area contributed by atoms with E-state index in [-0.39, 0.29) is 24.1 Å². The van der Waals surface area contributed by atoms with Gasteiger partial charge in [0.1, 0.15) is 5.75 Å². The van der Waals surface area contributed by atoms with E-state index in [1.807, 2.05) is 4.90 Å². The molecule has 1 aromatic carbocycles. The third kappa shape index (κ3) is 3.67. The minimum absolute atomic E-state index is 0. The molecule has 1 aromatic rings. The highest BCUT2D eigenvalue weighted by Crippen LogP contribution is 2.26. The number of nitrogens with zero attached hydrogens (tertiary/aromatic N) is 1. The number of nitrogens with one attached hydrogen (secondary N) is 1. The molecule has 0 spiro atoms. The summed E-state index contributed by atoms with van der Waals surface area (Å²) in [5, 5.41) is 3.45. The fraction of sp³-hybridized carbons (Fsp3) is 0.533. The molecule has 2 fully saturated rings. The molecule has 2 saturated heterocycles. The van der Waals surface area contributed by atoms with Crippen LogP contribution in [0.3, 0.4) is 0 Å². The van der Waals surface area contributed by atoms with Gasteiger partial charge in [0.15, 0.2) is 0 Å². The molecule has 2 heterocycles. The van der Waals surface area contributed by atoms with E-state index in [0.29, 0.717) is 24.1 Å². The summed E-state index contributed by atoms with van der Waals surface area (Å²) >= 11 is 0. The second kappa shape index (κ2) is 7.24. The van der Waals surface area contributed by atoms with Crippen molar-refractivity contribution >= 4 is 18.3 Å². The zero-order chi connectivity index (χ0) is 14.8. The van der Waals surface area contributed by atoms with Gasteiger partial charge in [-0.15, -0.1) is 12.4 Å². The topological polar surface area (TPSA) is 41.6 Å². The second-order valence-corrected chi connectivity index (χ2v) is 5.56. The van der Waals surface area contributed by atoms with Crippen LogP contribution in [0.15, 0.2) is 24.3 Å². The molecule has 7 heteroatoms. The Balaban J connectivity index is 0.00000176. The number of rotatable bonds is 3. The van der Waals surface area contributed by atoms with Crippen LogP contribution >= 0.6 is 12.4 Å². The second-order valence-electron chi connectivity index (χ2n) is 5.56. The van der Waals surface area contributed by atoms with Crippen molar-refractivity contribution in [2.75, 3.05) is 19.6 Å². The van der Waals surface area contributed by atoms with Crippen molar-refractivity contribution in [3.8, 4) is 5.75 Å². The van der Waals surface area contributed by atoms with Gasteiger partial charge in [-0.3, -0.25) is 4.79 Å². The van der Waals surface area contributed by atoms with Gasteiger partial charge in [0.25, 0.3) is 5.91 Å². The Morgan fingerprint density at radius 3 is 2.95 bits per heavy atom. The number of fused-ring (bicyclic) bond motifs is 1. The Bertz CT molecular complexity index is 530. The van der Waals surface area contributed by atoms with Crippen LogP contribution in [0.25, 0.3) is 0 Å². The van der Waals surface area contributed by atoms with Gasteiger partial charge in [0.2, 0.25) is 0 Å². The molecule has 0 saturated carbocycles. The zero-order valence-corrected chi connectivity index (χ0v) is 12.8. The minimum Gasteiger partial charge on any atom is -0.435 e. The maximum atomic E-state index is 12.5. The van der Waals surface area contributed by atoms with Crippen molar-refractivity contribution in [2.24, 2.45) is 5.92 Å². The molecule has 2 aliphatic rings. The van der Waals surface area contributed by atoms with E-state index >= 15 is 0 Å². The molecule has 2 unspecified atom stereocenters. The average Bonchev–Trinajstić information content (AvgIpc) is 2.93. The fourth-order valence-corrected chi connectivity index (χ4v) is 3.22. The van der Waals surface area contributed by atoms with Crippen molar-refractivity contribution in [3.63, 3.8) is 0 Å². The van der Waals surface area contributed by atoms with Crippen molar-refractivity contribution in [1.29, 1.82) is 0 Å². The summed E-state index contributed by atoms with van der Waals surface area (Å²) in [5.41, 5.74) is 0.401. The summed E-state index contributed by atoms with van der Waals surface area (Å²) in [7, 11) is 0. The minimum atomic E-state index is -2.88. The van der Waals surface area contributed by atoms with E-state index in [9.17, 15) is 13.6 Å². The van der Waals surface area contributed by atoms with E-state index in [1.165, 1.54) is 12.1 Å². The third-order valence-electron chi connectivity index (χ3n) is 4.25. The molecule has 0 aromatic heterocycles. The number of benzene rings is 1. The Morgan fingerprint density at radius 2 is 2.18 bits per heavy atom. The molecule has 122 valence electrons. The number of hydrogen-bond donors (Lipinski definition) is 1. The first kappa shape index (κ1) is 17.0. The Hall–Kier alpha value is -1.40.